The second-order valence-corrected chi connectivity index (χ2v) is 7.02. The zero-order valence-electron chi connectivity index (χ0n) is 13.5. The van der Waals surface area contributed by atoms with Crippen LogP contribution in [0, 0.1) is 5.92 Å². The molecule has 1 amide bonds. The number of carbonyl (C=O) groups is 2. The molecule has 0 radical (unpaired) electrons. The summed E-state index contributed by atoms with van der Waals surface area (Å²) in [6.45, 7) is 0. The minimum atomic E-state index is -0.763. The molecular weight excluding hydrogens is 306 g/mol. The van der Waals surface area contributed by atoms with Gasteiger partial charge in [-0.25, -0.2) is 0 Å². The predicted molar refractivity (Wildman–Crippen MR) is 88.9 cm³/mol. The summed E-state index contributed by atoms with van der Waals surface area (Å²) < 4.78 is 5.64. The third-order valence-electron chi connectivity index (χ3n) is 5.37. The normalized spacial score (nSPS) is 22.7. The maximum absolute atomic E-state index is 12.3. The lowest BCUT2D eigenvalue weighted by atomic mass is 10.0. The zero-order chi connectivity index (χ0) is 16.7. The highest BCUT2D eigenvalue weighted by Gasteiger charge is 2.30. The molecule has 5 heteroatoms. The molecule has 2 aromatic rings. The molecule has 0 bridgehead atoms. The number of amides is 1. The molecule has 0 aliphatic heterocycles. The van der Waals surface area contributed by atoms with Crippen LogP contribution in [0.1, 0.15) is 42.4 Å². The van der Waals surface area contributed by atoms with E-state index in [2.05, 4.69) is 17.4 Å². The van der Waals surface area contributed by atoms with Crippen molar-refractivity contribution in [2.24, 2.45) is 5.92 Å². The quantitative estimate of drug-likeness (QED) is 0.905. The summed E-state index contributed by atoms with van der Waals surface area (Å²) in [6, 6.07) is 4.24. The number of hydrogen-bond acceptors (Lipinski definition) is 3. The summed E-state index contributed by atoms with van der Waals surface area (Å²) in [5.41, 5.74) is 4.49. The van der Waals surface area contributed by atoms with E-state index in [4.69, 9.17) is 9.52 Å². The highest BCUT2D eigenvalue weighted by atomic mass is 16.4. The van der Waals surface area contributed by atoms with Crippen LogP contribution in [0.25, 0.3) is 11.0 Å². The summed E-state index contributed by atoms with van der Waals surface area (Å²) in [4.78, 5) is 23.3. The lowest BCUT2D eigenvalue weighted by Crippen LogP contribution is -2.34. The molecule has 2 aliphatic rings. The van der Waals surface area contributed by atoms with Crippen LogP contribution in [-0.2, 0) is 28.9 Å². The topological polar surface area (TPSA) is 79.5 Å². The van der Waals surface area contributed by atoms with Gasteiger partial charge in [-0.05, 0) is 61.8 Å². The van der Waals surface area contributed by atoms with Crippen LogP contribution < -0.4 is 5.32 Å². The van der Waals surface area contributed by atoms with Crippen LogP contribution in [-0.4, -0.2) is 23.0 Å². The van der Waals surface area contributed by atoms with Gasteiger partial charge in [0.1, 0.15) is 5.58 Å². The van der Waals surface area contributed by atoms with Gasteiger partial charge in [-0.15, -0.1) is 0 Å². The van der Waals surface area contributed by atoms with Gasteiger partial charge in [-0.2, -0.15) is 0 Å². The molecule has 24 heavy (non-hydrogen) atoms. The van der Waals surface area contributed by atoms with Crippen molar-refractivity contribution in [2.45, 2.75) is 51.0 Å². The van der Waals surface area contributed by atoms with Crippen LogP contribution >= 0.6 is 0 Å². The molecule has 1 aromatic heterocycles. The van der Waals surface area contributed by atoms with E-state index in [0.29, 0.717) is 12.8 Å². The third kappa shape index (κ3) is 2.79. The van der Waals surface area contributed by atoms with E-state index in [1.54, 1.807) is 6.26 Å². The maximum atomic E-state index is 12.3. The Morgan fingerprint density at radius 2 is 2.00 bits per heavy atom. The number of carbonyl (C=O) groups excluding carboxylic acids is 1. The Bertz CT molecular complexity index is 807. The summed E-state index contributed by atoms with van der Waals surface area (Å²) in [5.74, 6) is -1.15. The van der Waals surface area contributed by atoms with Gasteiger partial charge in [0.25, 0.3) is 0 Å². The molecule has 2 N–H and O–H groups in total. The zero-order valence-corrected chi connectivity index (χ0v) is 13.5. The monoisotopic (exact) mass is 327 g/mol. The standard InChI is InChI=1S/C19H21NO4/c21-18(20-15-5-4-13(6-15)19(22)23)9-14-10-24-17-8-12-3-1-2-11(12)7-16(14)17/h7-8,10,13,15H,1-6,9H2,(H,20,21)(H,22,23)/t13-,15+/m1/s1. The Kier molecular flexibility index (Phi) is 3.79. The Balaban J connectivity index is 1.45. The molecule has 0 unspecified atom stereocenters. The molecule has 0 saturated heterocycles. The number of nitrogens with one attached hydrogen (secondary N) is 1. The fourth-order valence-corrected chi connectivity index (χ4v) is 4.07. The SMILES string of the molecule is O=C(Cc1coc2cc3c(cc12)CCC3)N[C@H]1CC[C@@H](C(=O)O)C1. The van der Waals surface area contributed by atoms with E-state index in [1.165, 1.54) is 17.5 Å². The van der Waals surface area contributed by atoms with E-state index < -0.39 is 5.97 Å². The minimum Gasteiger partial charge on any atom is -0.481 e. The number of aliphatic carboxylic acids is 1. The van der Waals surface area contributed by atoms with Gasteiger partial charge >= 0.3 is 5.97 Å². The molecule has 1 saturated carbocycles. The Morgan fingerprint density at radius 1 is 1.21 bits per heavy atom. The molecule has 1 fully saturated rings. The number of carboxylic acid groups (broad SMARTS) is 1. The fourth-order valence-electron chi connectivity index (χ4n) is 4.07. The molecule has 126 valence electrons. The first-order valence-electron chi connectivity index (χ1n) is 8.64. The summed E-state index contributed by atoms with van der Waals surface area (Å²) >= 11 is 0. The van der Waals surface area contributed by atoms with Crippen molar-refractivity contribution in [1.29, 1.82) is 0 Å². The Hall–Kier alpha value is -2.30. The van der Waals surface area contributed by atoms with Gasteiger partial charge in [-0.1, -0.05) is 0 Å². The van der Waals surface area contributed by atoms with Crippen molar-refractivity contribution in [2.75, 3.05) is 0 Å². The van der Waals surface area contributed by atoms with E-state index in [9.17, 15) is 9.59 Å². The fraction of sp³-hybridized carbons (Fsp3) is 0.474. The highest BCUT2D eigenvalue weighted by Crippen LogP contribution is 2.31. The average Bonchev–Trinajstić information content (AvgIpc) is 3.25. The largest absolute Gasteiger partial charge is 0.481 e. The molecular formula is C19H21NO4. The molecule has 1 aromatic carbocycles. The smallest absolute Gasteiger partial charge is 0.306 e. The van der Waals surface area contributed by atoms with Crippen molar-refractivity contribution in [3.05, 3.63) is 35.1 Å². The highest BCUT2D eigenvalue weighted by molar-refractivity contribution is 5.88. The summed E-state index contributed by atoms with van der Waals surface area (Å²) in [5, 5.41) is 13.0. The van der Waals surface area contributed by atoms with Crippen molar-refractivity contribution in [1.82, 2.24) is 5.32 Å². The predicted octanol–water partition coefficient (Wildman–Crippen LogP) is 2.83. The third-order valence-corrected chi connectivity index (χ3v) is 5.37. The van der Waals surface area contributed by atoms with Crippen LogP contribution in [0.5, 0.6) is 0 Å². The Labute approximate surface area is 140 Å². The van der Waals surface area contributed by atoms with Crippen molar-refractivity contribution in [3.63, 3.8) is 0 Å². The second kappa shape index (κ2) is 5.96. The first kappa shape index (κ1) is 15.2. The number of benzene rings is 1. The van der Waals surface area contributed by atoms with Gasteiger partial charge in [0, 0.05) is 17.0 Å². The molecule has 5 nitrogen and oxygen atoms in total. The van der Waals surface area contributed by atoms with Crippen LogP contribution in [0.15, 0.2) is 22.8 Å². The number of fused-ring (bicyclic) bond motifs is 2. The lowest BCUT2D eigenvalue weighted by molar-refractivity contribution is -0.141. The van der Waals surface area contributed by atoms with E-state index in [-0.39, 0.29) is 24.3 Å². The molecule has 2 atom stereocenters. The number of furan rings is 1. The second-order valence-electron chi connectivity index (χ2n) is 7.02. The number of rotatable bonds is 4. The van der Waals surface area contributed by atoms with Crippen molar-refractivity contribution >= 4 is 22.8 Å². The van der Waals surface area contributed by atoms with E-state index >= 15 is 0 Å². The van der Waals surface area contributed by atoms with Crippen molar-refractivity contribution in [3.8, 4) is 0 Å². The van der Waals surface area contributed by atoms with E-state index in [1.807, 2.05) is 0 Å². The van der Waals surface area contributed by atoms with Gasteiger partial charge < -0.3 is 14.8 Å². The first-order valence-corrected chi connectivity index (χ1v) is 8.64. The number of hydrogen-bond donors (Lipinski definition) is 2. The average molecular weight is 327 g/mol. The van der Waals surface area contributed by atoms with Crippen molar-refractivity contribution < 1.29 is 19.1 Å². The molecule has 4 rings (SSSR count). The Morgan fingerprint density at radius 3 is 2.75 bits per heavy atom. The van der Waals surface area contributed by atoms with Gasteiger partial charge in [0.2, 0.25) is 5.91 Å². The van der Waals surface area contributed by atoms with Gasteiger partial charge in [0.05, 0.1) is 18.6 Å². The molecule has 1 heterocycles. The van der Waals surface area contributed by atoms with Crippen LogP contribution in [0.2, 0.25) is 0 Å². The van der Waals surface area contributed by atoms with Crippen LogP contribution in [0.3, 0.4) is 0 Å². The molecule has 2 aliphatic carbocycles. The van der Waals surface area contributed by atoms with Gasteiger partial charge in [0.15, 0.2) is 0 Å². The van der Waals surface area contributed by atoms with Gasteiger partial charge in [-0.3, -0.25) is 9.59 Å². The minimum absolute atomic E-state index is 0.0268. The first-order chi connectivity index (χ1) is 11.6. The summed E-state index contributed by atoms with van der Waals surface area (Å²) in [6.07, 6.45) is 7.25. The lowest BCUT2D eigenvalue weighted by Gasteiger charge is -2.12. The number of carboxylic acids is 1. The van der Waals surface area contributed by atoms with E-state index in [0.717, 1.165) is 35.8 Å². The molecule has 0 spiro atoms. The maximum Gasteiger partial charge on any atom is 0.306 e. The summed E-state index contributed by atoms with van der Waals surface area (Å²) in [7, 11) is 0. The van der Waals surface area contributed by atoms with Crippen LogP contribution in [0.4, 0.5) is 0 Å². The number of aryl methyl sites for hydroxylation is 2.